The largest absolute Gasteiger partial charge is 0.494 e. The molecule has 0 atom stereocenters. The number of carboxylic acids is 1. The molecule has 0 bridgehead atoms. The van der Waals surface area contributed by atoms with Gasteiger partial charge in [0.25, 0.3) is 0 Å². The third-order valence-corrected chi connectivity index (χ3v) is 2.98. The van der Waals surface area contributed by atoms with Gasteiger partial charge < -0.3 is 9.84 Å². The molecule has 0 aliphatic heterocycles. The van der Waals surface area contributed by atoms with Crippen LogP contribution in [0.5, 0.6) is 5.75 Å². The van der Waals surface area contributed by atoms with Crippen molar-refractivity contribution < 1.29 is 14.6 Å². The van der Waals surface area contributed by atoms with Gasteiger partial charge in [0.1, 0.15) is 5.75 Å². The lowest BCUT2D eigenvalue weighted by molar-refractivity contribution is 0.0697. The Morgan fingerprint density at radius 2 is 2.05 bits per heavy atom. The predicted molar refractivity (Wildman–Crippen MR) is 75.0 cm³/mol. The number of carbonyl (C=O) groups is 1. The van der Waals surface area contributed by atoms with Crippen molar-refractivity contribution in [2.75, 3.05) is 6.61 Å². The van der Waals surface area contributed by atoms with E-state index in [1.807, 2.05) is 31.2 Å². The molecule has 2 rings (SSSR count). The second-order valence-electron chi connectivity index (χ2n) is 3.96. The highest BCUT2D eigenvalue weighted by Crippen LogP contribution is 2.30. The minimum absolute atomic E-state index is 0.176. The molecule has 4 heteroatoms. The van der Waals surface area contributed by atoms with Gasteiger partial charge in [0.15, 0.2) is 0 Å². The summed E-state index contributed by atoms with van der Waals surface area (Å²) in [5, 5.41) is 9.32. The summed E-state index contributed by atoms with van der Waals surface area (Å²) in [6, 6.07) is 12.2. The number of ether oxygens (including phenoxy) is 1. The highest BCUT2D eigenvalue weighted by Gasteiger charge is 2.09. The number of halogens is 1. The summed E-state index contributed by atoms with van der Waals surface area (Å²) >= 11 is 6.13. The Labute approximate surface area is 116 Å². The molecule has 0 radical (unpaired) electrons. The van der Waals surface area contributed by atoms with Crippen LogP contribution in [0.2, 0.25) is 5.02 Å². The maximum atomic E-state index is 10.9. The topological polar surface area (TPSA) is 46.5 Å². The van der Waals surface area contributed by atoms with Crippen LogP contribution in [-0.2, 0) is 0 Å². The van der Waals surface area contributed by atoms with Gasteiger partial charge in [-0.05, 0) is 36.8 Å². The van der Waals surface area contributed by atoms with Crippen molar-refractivity contribution in [1.29, 1.82) is 0 Å². The molecule has 0 saturated carbocycles. The summed E-state index contributed by atoms with van der Waals surface area (Å²) in [6.07, 6.45) is 0. The van der Waals surface area contributed by atoms with Gasteiger partial charge in [0.2, 0.25) is 0 Å². The van der Waals surface area contributed by atoms with Crippen molar-refractivity contribution in [1.82, 2.24) is 0 Å². The van der Waals surface area contributed by atoms with E-state index in [9.17, 15) is 4.79 Å². The number of aromatic carboxylic acids is 1. The van der Waals surface area contributed by atoms with Crippen LogP contribution in [0.1, 0.15) is 17.3 Å². The second-order valence-corrected chi connectivity index (χ2v) is 4.37. The standard InChI is InChI=1S/C15H13ClO3/c1-2-19-12-5-3-4-10(8-12)13-7-6-11(15(17)18)9-14(13)16/h3-9H,2H2,1H3,(H,17,18). The van der Waals surface area contributed by atoms with E-state index >= 15 is 0 Å². The van der Waals surface area contributed by atoms with E-state index in [1.54, 1.807) is 6.07 Å². The van der Waals surface area contributed by atoms with Gasteiger partial charge in [-0.3, -0.25) is 0 Å². The van der Waals surface area contributed by atoms with E-state index in [-0.39, 0.29) is 5.56 Å². The fraction of sp³-hybridized carbons (Fsp3) is 0.133. The summed E-state index contributed by atoms with van der Waals surface area (Å²) in [4.78, 5) is 10.9. The molecular formula is C15H13ClO3. The van der Waals surface area contributed by atoms with E-state index in [2.05, 4.69) is 0 Å². The van der Waals surface area contributed by atoms with Gasteiger partial charge in [0, 0.05) is 10.6 Å². The molecule has 0 fully saturated rings. The van der Waals surface area contributed by atoms with E-state index < -0.39 is 5.97 Å². The minimum Gasteiger partial charge on any atom is -0.494 e. The first-order valence-corrected chi connectivity index (χ1v) is 6.25. The highest BCUT2D eigenvalue weighted by molar-refractivity contribution is 6.33. The first kappa shape index (κ1) is 13.4. The summed E-state index contributed by atoms with van der Waals surface area (Å²) in [5.74, 6) is -0.227. The van der Waals surface area contributed by atoms with Crippen molar-refractivity contribution in [3.8, 4) is 16.9 Å². The molecule has 0 aromatic heterocycles. The summed E-state index contributed by atoms with van der Waals surface area (Å²) < 4.78 is 5.43. The smallest absolute Gasteiger partial charge is 0.335 e. The van der Waals surface area contributed by atoms with Crippen LogP contribution in [0.4, 0.5) is 0 Å². The normalized spacial score (nSPS) is 10.2. The Morgan fingerprint density at radius 3 is 2.68 bits per heavy atom. The van der Waals surface area contributed by atoms with E-state index in [4.69, 9.17) is 21.4 Å². The molecule has 1 N–H and O–H groups in total. The molecule has 98 valence electrons. The van der Waals surface area contributed by atoms with Crippen LogP contribution in [0.25, 0.3) is 11.1 Å². The zero-order chi connectivity index (χ0) is 13.8. The molecule has 0 heterocycles. The van der Waals surface area contributed by atoms with Gasteiger partial charge in [0.05, 0.1) is 12.2 Å². The summed E-state index contributed by atoms with van der Waals surface area (Å²) in [5.41, 5.74) is 1.86. The Hall–Kier alpha value is -2.00. The number of carboxylic acid groups (broad SMARTS) is 1. The van der Waals surface area contributed by atoms with Gasteiger partial charge in [-0.15, -0.1) is 0 Å². The molecule has 0 aliphatic rings. The number of rotatable bonds is 4. The maximum absolute atomic E-state index is 10.9. The van der Waals surface area contributed by atoms with Crippen LogP contribution < -0.4 is 4.74 Å². The minimum atomic E-state index is -0.989. The third kappa shape index (κ3) is 3.06. The maximum Gasteiger partial charge on any atom is 0.335 e. The average molecular weight is 277 g/mol. The van der Waals surface area contributed by atoms with Crippen molar-refractivity contribution in [3.05, 3.63) is 53.1 Å². The Bertz CT molecular complexity index is 608. The van der Waals surface area contributed by atoms with Crippen LogP contribution in [0.15, 0.2) is 42.5 Å². The van der Waals surface area contributed by atoms with Crippen molar-refractivity contribution >= 4 is 17.6 Å². The van der Waals surface area contributed by atoms with Gasteiger partial charge in [-0.1, -0.05) is 29.8 Å². The molecule has 0 spiro atoms. The predicted octanol–water partition coefficient (Wildman–Crippen LogP) is 4.10. The highest BCUT2D eigenvalue weighted by atomic mass is 35.5. The van der Waals surface area contributed by atoms with Crippen LogP contribution in [-0.4, -0.2) is 17.7 Å². The van der Waals surface area contributed by atoms with Crippen molar-refractivity contribution in [2.45, 2.75) is 6.92 Å². The molecule has 0 aliphatic carbocycles. The average Bonchev–Trinajstić information content (AvgIpc) is 2.39. The fourth-order valence-corrected chi connectivity index (χ4v) is 2.09. The zero-order valence-corrected chi connectivity index (χ0v) is 11.1. The van der Waals surface area contributed by atoms with E-state index in [0.717, 1.165) is 16.9 Å². The first-order chi connectivity index (χ1) is 9.11. The molecule has 0 unspecified atom stereocenters. The van der Waals surface area contributed by atoms with Crippen LogP contribution >= 0.6 is 11.6 Å². The molecule has 3 nitrogen and oxygen atoms in total. The third-order valence-electron chi connectivity index (χ3n) is 2.67. The molecule has 0 saturated heterocycles. The molecule has 0 amide bonds. The Kier molecular flexibility index (Phi) is 4.07. The van der Waals surface area contributed by atoms with Gasteiger partial charge in [-0.2, -0.15) is 0 Å². The van der Waals surface area contributed by atoms with E-state index in [1.165, 1.54) is 12.1 Å². The van der Waals surface area contributed by atoms with E-state index in [0.29, 0.717) is 11.6 Å². The zero-order valence-electron chi connectivity index (χ0n) is 10.4. The molecule has 2 aromatic rings. The molecule has 19 heavy (non-hydrogen) atoms. The van der Waals surface area contributed by atoms with Crippen molar-refractivity contribution in [3.63, 3.8) is 0 Å². The lowest BCUT2D eigenvalue weighted by Gasteiger charge is -2.08. The fourth-order valence-electron chi connectivity index (χ4n) is 1.80. The Balaban J connectivity index is 2.41. The second kappa shape index (κ2) is 5.76. The number of hydrogen-bond acceptors (Lipinski definition) is 2. The summed E-state index contributed by atoms with van der Waals surface area (Å²) in [6.45, 7) is 2.51. The first-order valence-electron chi connectivity index (χ1n) is 5.88. The van der Waals surface area contributed by atoms with Gasteiger partial charge >= 0.3 is 5.97 Å². The SMILES string of the molecule is CCOc1cccc(-c2ccc(C(=O)O)cc2Cl)c1. The molecular weight excluding hydrogens is 264 g/mol. The number of benzene rings is 2. The van der Waals surface area contributed by atoms with Crippen molar-refractivity contribution in [2.24, 2.45) is 0 Å². The van der Waals surface area contributed by atoms with Crippen LogP contribution in [0.3, 0.4) is 0 Å². The quantitative estimate of drug-likeness (QED) is 0.914. The lowest BCUT2D eigenvalue weighted by atomic mass is 10.0. The monoisotopic (exact) mass is 276 g/mol. The summed E-state index contributed by atoms with van der Waals surface area (Å²) in [7, 11) is 0. The molecule has 2 aromatic carbocycles. The van der Waals surface area contributed by atoms with Gasteiger partial charge in [-0.25, -0.2) is 4.79 Å². The Morgan fingerprint density at radius 1 is 1.26 bits per heavy atom. The number of hydrogen-bond donors (Lipinski definition) is 1. The lowest BCUT2D eigenvalue weighted by Crippen LogP contribution is -1.96. The van der Waals surface area contributed by atoms with Crippen LogP contribution in [0, 0.1) is 0 Å².